The van der Waals surface area contributed by atoms with Gasteiger partial charge in [0.15, 0.2) is 0 Å². The minimum Gasteiger partial charge on any atom is -0.493 e. The second-order valence-electron chi connectivity index (χ2n) is 8.07. The van der Waals surface area contributed by atoms with Crippen molar-refractivity contribution in [3.05, 3.63) is 71.8 Å². The molecule has 2 aliphatic rings. The molecule has 1 saturated heterocycles. The third kappa shape index (κ3) is 4.05. The van der Waals surface area contributed by atoms with Gasteiger partial charge in [-0.15, -0.1) is 0 Å². The number of nitrogens with zero attached hydrogens (tertiary/aromatic N) is 4. The van der Waals surface area contributed by atoms with Gasteiger partial charge in [-0.1, -0.05) is 24.3 Å². The van der Waals surface area contributed by atoms with E-state index in [9.17, 15) is 0 Å². The molecule has 1 aromatic carbocycles. The highest BCUT2D eigenvalue weighted by Gasteiger charge is 2.46. The van der Waals surface area contributed by atoms with Crippen LogP contribution in [-0.4, -0.2) is 46.7 Å². The Kier molecular flexibility index (Phi) is 5.42. The van der Waals surface area contributed by atoms with E-state index in [1.165, 1.54) is 5.56 Å². The molecule has 0 spiro atoms. The van der Waals surface area contributed by atoms with Crippen LogP contribution >= 0.6 is 0 Å². The van der Waals surface area contributed by atoms with Crippen molar-refractivity contribution in [1.82, 2.24) is 19.9 Å². The van der Waals surface area contributed by atoms with Gasteiger partial charge < -0.3 is 14.2 Å². The zero-order valence-corrected chi connectivity index (χ0v) is 17.8. The summed E-state index contributed by atoms with van der Waals surface area (Å²) < 4.78 is 17.5. The number of methoxy groups -OCH3 is 1. The summed E-state index contributed by atoms with van der Waals surface area (Å²) in [5.41, 5.74) is 2.23. The highest BCUT2D eigenvalue weighted by Crippen LogP contribution is 2.47. The van der Waals surface area contributed by atoms with Crippen LogP contribution in [0.25, 0.3) is 0 Å². The number of ether oxygens (including phenoxy) is 3. The molecule has 0 saturated carbocycles. The third-order valence-corrected chi connectivity index (χ3v) is 6.09. The molecule has 5 rings (SSSR count). The average molecular weight is 418 g/mol. The van der Waals surface area contributed by atoms with Crippen LogP contribution in [-0.2, 0) is 6.54 Å². The van der Waals surface area contributed by atoms with Crippen molar-refractivity contribution < 1.29 is 14.2 Å². The van der Waals surface area contributed by atoms with Crippen LogP contribution in [0.15, 0.2) is 54.7 Å². The number of benzene rings is 1. The van der Waals surface area contributed by atoms with Gasteiger partial charge in [0.1, 0.15) is 11.6 Å². The van der Waals surface area contributed by atoms with Crippen LogP contribution in [0.2, 0.25) is 0 Å². The van der Waals surface area contributed by atoms with Crippen molar-refractivity contribution in [1.29, 1.82) is 0 Å². The smallest absolute Gasteiger partial charge is 0.216 e. The molecule has 7 heteroatoms. The van der Waals surface area contributed by atoms with Gasteiger partial charge in [-0.2, -0.15) is 4.98 Å². The fraction of sp³-hybridized carbons (Fsp3) is 0.375. The quantitative estimate of drug-likeness (QED) is 0.607. The predicted molar refractivity (Wildman–Crippen MR) is 115 cm³/mol. The highest BCUT2D eigenvalue weighted by atomic mass is 16.5. The Hall–Kier alpha value is -3.19. The van der Waals surface area contributed by atoms with E-state index in [0.29, 0.717) is 42.6 Å². The zero-order valence-electron chi connectivity index (χ0n) is 17.8. The van der Waals surface area contributed by atoms with Crippen LogP contribution < -0.4 is 14.2 Å². The summed E-state index contributed by atoms with van der Waals surface area (Å²) in [6, 6.07) is 16.3. The number of aromatic nitrogens is 3. The molecule has 4 heterocycles. The first-order valence-corrected chi connectivity index (χ1v) is 10.6. The molecule has 0 bridgehead atoms. The fourth-order valence-corrected chi connectivity index (χ4v) is 4.69. The Morgan fingerprint density at radius 1 is 1.06 bits per heavy atom. The topological polar surface area (TPSA) is 69.6 Å². The number of hydrogen-bond donors (Lipinski definition) is 0. The molecule has 31 heavy (non-hydrogen) atoms. The number of rotatable bonds is 6. The first kappa shape index (κ1) is 19.8. The molecule has 0 radical (unpaired) electrons. The molecule has 0 unspecified atom stereocenters. The van der Waals surface area contributed by atoms with Crippen LogP contribution in [0.3, 0.4) is 0 Å². The number of likely N-dealkylation sites (tertiary alicyclic amines) is 1. The summed E-state index contributed by atoms with van der Waals surface area (Å²) in [5, 5.41) is 0. The predicted octanol–water partition coefficient (Wildman–Crippen LogP) is 3.45. The van der Waals surface area contributed by atoms with Crippen molar-refractivity contribution in [2.24, 2.45) is 11.8 Å². The molecule has 3 atom stereocenters. The maximum Gasteiger partial charge on any atom is 0.216 e. The second-order valence-corrected chi connectivity index (χ2v) is 8.07. The van der Waals surface area contributed by atoms with Gasteiger partial charge in [-0.25, -0.2) is 9.97 Å². The molecule has 0 aliphatic carbocycles. The first-order chi connectivity index (χ1) is 15.2. The monoisotopic (exact) mass is 418 g/mol. The normalized spacial score (nSPS) is 22.3. The molecular weight excluding hydrogens is 392 g/mol. The lowest BCUT2D eigenvalue weighted by Gasteiger charge is -2.34. The number of para-hydroxylation sites is 1. The van der Waals surface area contributed by atoms with E-state index in [1.54, 1.807) is 13.3 Å². The van der Waals surface area contributed by atoms with E-state index in [-0.39, 0.29) is 6.04 Å². The maximum absolute atomic E-state index is 6.13. The van der Waals surface area contributed by atoms with Crippen LogP contribution in [0.5, 0.6) is 17.5 Å². The van der Waals surface area contributed by atoms with Gasteiger partial charge in [0.25, 0.3) is 0 Å². The Morgan fingerprint density at radius 2 is 1.97 bits per heavy atom. The molecule has 7 nitrogen and oxygen atoms in total. The summed E-state index contributed by atoms with van der Waals surface area (Å²) in [6.07, 6.45) is 1.73. The van der Waals surface area contributed by atoms with Crippen LogP contribution in [0, 0.1) is 18.8 Å². The minimum absolute atomic E-state index is 0.263. The Balaban J connectivity index is 1.40. The Bertz CT molecular complexity index is 1060. The summed E-state index contributed by atoms with van der Waals surface area (Å²) in [5.74, 6) is 3.60. The van der Waals surface area contributed by atoms with E-state index in [0.717, 1.165) is 24.5 Å². The van der Waals surface area contributed by atoms with E-state index >= 15 is 0 Å². The van der Waals surface area contributed by atoms with Crippen LogP contribution in [0.4, 0.5) is 0 Å². The number of fused-ring (bicyclic) bond motifs is 3. The lowest BCUT2D eigenvalue weighted by molar-refractivity contribution is 0.121. The first-order valence-electron chi connectivity index (χ1n) is 10.6. The van der Waals surface area contributed by atoms with E-state index < -0.39 is 0 Å². The Morgan fingerprint density at radius 3 is 2.84 bits per heavy atom. The van der Waals surface area contributed by atoms with E-state index in [4.69, 9.17) is 14.2 Å². The number of aryl methyl sites for hydroxylation is 1. The maximum atomic E-state index is 6.13. The van der Waals surface area contributed by atoms with Gasteiger partial charge in [0.05, 0.1) is 26.0 Å². The summed E-state index contributed by atoms with van der Waals surface area (Å²) in [4.78, 5) is 15.7. The molecule has 0 N–H and O–H groups in total. The van der Waals surface area contributed by atoms with Crippen LogP contribution in [0.1, 0.15) is 23.1 Å². The molecular formula is C24H26N4O3. The summed E-state index contributed by atoms with van der Waals surface area (Å²) >= 11 is 0. The van der Waals surface area contributed by atoms with E-state index in [1.807, 2.05) is 31.2 Å². The molecule has 2 aliphatic heterocycles. The molecule has 0 amide bonds. The van der Waals surface area contributed by atoms with Crippen molar-refractivity contribution in [2.75, 3.05) is 26.9 Å². The van der Waals surface area contributed by atoms with Gasteiger partial charge in [0, 0.05) is 54.9 Å². The van der Waals surface area contributed by atoms with Gasteiger partial charge in [0.2, 0.25) is 11.8 Å². The number of pyridine rings is 1. The van der Waals surface area contributed by atoms with Gasteiger partial charge in [-0.3, -0.25) is 4.90 Å². The standard InChI is InChI=1S/C24H26N4O3/c1-16-25-11-10-23(26-16)31-14-17-12-28(13-18-6-5-9-22(27-18)29-2)24-19-7-3-4-8-21(19)30-15-20(17)24/h3-11,17,20,24H,12-15H2,1-2H3/t17-,20-,24-/m0/s1. The molecule has 160 valence electrons. The molecule has 2 aromatic heterocycles. The lowest BCUT2D eigenvalue weighted by Crippen LogP contribution is -2.32. The molecule has 1 fully saturated rings. The average Bonchev–Trinajstić information content (AvgIpc) is 3.15. The zero-order chi connectivity index (χ0) is 21.2. The third-order valence-electron chi connectivity index (χ3n) is 6.09. The largest absolute Gasteiger partial charge is 0.493 e. The van der Waals surface area contributed by atoms with Gasteiger partial charge in [-0.05, 0) is 19.1 Å². The molecule has 3 aromatic rings. The van der Waals surface area contributed by atoms with Crippen molar-refractivity contribution in [2.45, 2.75) is 19.5 Å². The second kappa shape index (κ2) is 8.51. The highest BCUT2D eigenvalue weighted by molar-refractivity contribution is 5.39. The Labute approximate surface area is 182 Å². The fourth-order valence-electron chi connectivity index (χ4n) is 4.69. The van der Waals surface area contributed by atoms with Crippen molar-refractivity contribution >= 4 is 0 Å². The van der Waals surface area contributed by atoms with Crippen molar-refractivity contribution in [3.8, 4) is 17.5 Å². The summed E-state index contributed by atoms with van der Waals surface area (Å²) in [6.45, 7) is 4.78. The lowest BCUT2D eigenvalue weighted by atomic mass is 9.85. The minimum atomic E-state index is 0.263. The van der Waals surface area contributed by atoms with Crippen molar-refractivity contribution in [3.63, 3.8) is 0 Å². The van der Waals surface area contributed by atoms with E-state index in [2.05, 4.69) is 44.1 Å². The number of hydrogen-bond acceptors (Lipinski definition) is 7. The summed E-state index contributed by atoms with van der Waals surface area (Å²) in [7, 11) is 1.65. The van der Waals surface area contributed by atoms with Gasteiger partial charge >= 0.3 is 0 Å². The SMILES string of the molecule is COc1cccc(CN2C[C@@H](COc3ccnc(C)n3)[C@@H]3COc4ccccc4[C@@H]32)n1.